The number of fused-ring (bicyclic) bond motifs is 1. The SMILES string of the molecule is CCOc1cccc2c1OCCCCCNC(=O)CN(Cc1c(F)cccc1F)C2. The van der Waals surface area contributed by atoms with E-state index in [0.29, 0.717) is 31.3 Å². The van der Waals surface area contributed by atoms with Crippen molar-refractivity contribution in [3.05, 3.63) is 59.2 Å². The number of carbonyl (C=O) groups excluding carboxylic acids is 1. The maximum absolute atomic E-state index is 14.3. The van der Waals surface area contributed by atoms with Crippen molar-refractivity contribution in [2.45, 2.75) is 39.3 Å². The number of para-hydroxylation sites is 1. The highest BCUT2D eigenvalue weighted by Crippen LogP contribution is 2.33. The number of hydrogen-bond donors (Lipinski definition) is 1. The van der Waals surface area contributed by atoms with Gasteiger partial charge in [-0.25, -0.2) is 8.78 Å². The molecule has 0 saturated heterocycles. The average molecular weight is 418 g/mol. The molecular formula is C23H28F2N2O3. The topological polar surface area (TPSA) is 50.8 Å². The van der Waals surface area contributed by atoms with E-state index in [0.717, 1.165) is 24.8 Å². The van der Waals surface area contributed by atoms with Gasteiger partial charge in [0.05, 0.1) is 19.8 Å². The van der Waals surface area contributed by atoms with Crippen LogP contribution in [-0.2, 0) is 17.9 Å². The van der Waals surface area contributed by atoms with Crippen molar-refractivity contribution in [3.63, 3.8) is 0 Å². The van der Waals surface area contributed by atoms with Gasteiger partial charge in [0, 0.05) is 30.8 Å². The smallest absolute Gasteiger partial charge is 0.234 e. The van der Waals surface area contributed by atoms with Crippen molar-refractivity contribution >= 4 is 5.91 Å². The summed E-state index contributed by atoms with van der Waals surface area (Å²) in [5.41, 5.74) is 0.753. The van der Waals surface area contributed by atoms with E-state index in [-0.39, 0.29) is 31.1 Å². The van der Waals surface area contributed by atoms with E-state index >= 15 is 0 Å². The van der Waals surface area contributed by atoms with Crippen molar-refractivity contribution in [1.82, 2.24) is 10.2 Å². The highest BCUT2D eigenvalue weighted by Gasteiger charge is 2.20. The third kappa shape index (κ3) is 5.92. The van der Waals surface area contributed by atoms with Crippen LogP contribution >= 0.6 is 0 Å². The molecule has 7 heteroatoms. The Hall–Kier alpha value is -2.67. The Morgan fingerprint density at radius 2 is 1.83 bits per heavy atom. The molecule has 1 amide bonds. The molecule has 0 bridgehead atoms. The van der Waals surface area contributed by atoms with Gasteiger partial charge < -0.3 is 14.8 Å². The molecular weight excluding hydrogens is 390 g/mol. The summed E-state index contributed by atoms with van der Waals surface area (Å²) in [4.78, 5) is 14.2. The first-order valence-corrected chi connectivity index (χ1v) is 10.4. The number of hydrogen-bond acceptors (Lipinski definition) is 4. The van der Waals surface area contributed by atoms with Gasteiger partial charge in [0.25, 0.3) is 0 Å². The molecule has 1 aliphatic rings. The first kappa shape index (κ1) is 22.0. The number of nitrogens with one attached hydrogen (secondary N) is 1. The van der Waals surface area contributed by atoms with E-state index in [1.807, 2.05) is 25.1 Å². The lowest BCUT2D eigenvalue weighted by atomic mass is 10.1. The van der Waals surface area contributed by atoms with Gasteiger partial charge in [0.15, 0.2) is 11.5 Å². The predicted molar refractivity (Wildman–Crippen MR) is 110 cm³/mol. The Kier molecular flexibility index (Phi) is 8.02. The number of rotatable bonds is 4. The van der Waals surface area contributed by atoms with Crippen molar-refractivity contribution in [1.29, 1.82) is 0 Å². The van der Waals surface area contributed by atoms with Gasteiger partial charge in [-0.3, -0.25) is 9.69 Å². The second-order valence-corrected chi connectivity index (χ2v) is 7.28. The second kappa shape index (κ2) is 10.9. The second-order valence-electron chi connectivity index (χ2n) is 7.28. The minimum atomic E-state index is -0.627. The Morgan fingerprint density at radius 1 is 1.07 bits per heavy atom. The number of carbonyl (C=O) groups is 1. The number of amides is 1. The minimum absolute atomic E-state index is 0.0199. The van der Waals surface area contributed by atoms with Crippen LogP contribution in [0.15, 0.2) is 36.4 Å². The first-order chi connectivity index (χ1) is 14.6. The molecule has 30 heavy (non-hydrogen) atoms. The Labute approximate surface area is 176 Å². The lowest BCUT2D eigenvalue weighted by Gasteiger charge is -2.24. The highest BCUT2D eigenvalue weighted by atomic mass is 19.1. The van der Waals surface area contributed by atoms with Gasteiger partial charge >= 0.3 is 0 Å². The maximum Gasteiger partial charge on any atom is 0.234 e. The van der Waals surface area contributed by atoms with Crippen molar-refractivity contribution in [2.24, 2.45) is 0 Å². The van der Waals surface area contributed by atoms with Gasteiger partial charge in [0.2, 0.25) is 5.91 Å². The van der Waals surface area contributed by atoms with E-state index in [2.05, 4.69) is 5.32 Å². The van der Waals surface area contributed by atoms with Crippen LogP contribution in [0.1, 0.15) is 37.3 Å². The summed E-state index contributed by atoms with van der Waals surface area (Å²) >= 11 is 0. The first-order valence-electron chi connectivity index (χ1n) is 10.4. The largest absolute Gasteiger partial charge is 0.490 e. The monoisotopic (exact) mass is 418 g/mol. The normalized spacial score (nSPS) is 16.3. The van der Waals surface area contributed by atoms with Crippen LogP contribution in [0, 0.1) is 11.6 Å². The molecule has 0 spiro atoms. The van der Waals surface area contributed by atoms with Gasteiger partial charge in [-0.1, -0.05) is 18.2 Å². The molecule has 1 N–H and O–H groups in total. The zero-order valence-corrected chi connectivity index (χ0v) is 17.3. The average Bonchev–Trinajstić information content (AvgIpc) is 2.72. The molecule has 3 rings (SSSR count). The van der Waals surface area contributed by atoms with Crippen LogP contribution < -0.4 is 14.8 Å². The summed E-state index contributed by atoms with van der Waals surface area (Å²) < 4.78 is 40.3. The minimum Gasteiger partial charge on any atom is -0.490 e. The fraction of sp³-hybridized carbons (Fsp3) is 0.435. The fourth-order valence-electron chi connectivity index (χ4n) is 3.50. The summed E-state index contributed by atoms with van der Waals surface area (Å²) in [5.74, 6) is -0.172. The van der Waals surface area contributed by atoms with Crippen molar-refractivity contribution in [2.75, 3.05) is 26.3 Å². The van der Waals surface area contributed by atoms with Crippen LogP contribution in [0.25, 0.3) is 0 Å². The predicted octanol–water partition coefficient (Wildman–Crippen LogP) is 4.04. The van der Waals surface area contributed by atoms with Crippen molar-refractivity contribution < 1.29 is 23.0 Å². The third-order valence-corrected chi connectivity index (χ3v) is 4.95. The molecule has 0 aliphatic carbocycles. The molecule has 162 valence electrons. The zero-order chi connectivity index (χ0) is 21.3. The molecule has 1 heterocycles. The molecule has 0 unspecified atom stereocenters. The molecule has 0 saturated carbocycles. The molecule has 0 aromatic heterocycles. The quantitative estimate of drug-likeness (QED) is 0.814. The number of benzene rings is 2. The molecule has 5 nitrogen and oxygen atoms in total. The van der Waals surface area contributed by atoms with Crippen LogP contribution in [-0.4, -0.2) is 37.1 Å². The zero-order valence-electron chi connectivity index (χ0n) is 17.3. The lowest BCUT2D eigenvalue weighted by Crippen LogP contribution is -2.37. The van der Waals surface area contributed by atoms with Crippen LogP contribution in [0.3, 0.4) is 0 Å². The molecule has 1 aliphatic heterocycles. The summed E-state index contributed by atoms with van der Waals surface area (Å²) in [5, 5.41) is 2.89. The standard InChI is InChI=1S/C23H28F2N2O3/c1-2-29-21-11-6-8-17-14-27(15-18-19(24)9-7-10-20(18)25)16-22(28)26-12-4-3-5-13-30-23(17)21/h6-11H,2-5,12-16H2,1H3,(H,26,28). The van der Waals surface area contributed by atoms with Crippen LogP contribution in [0.4, 0.5) is 8.78 Å². The van der Waals surface area contributed by atoms with Gasteiger partial charge in [-0.15, -0.1) is 0 Å². The van der Waals surface area contributed by atoms with E-state index in [9.17, 15) is 13.6 Å². The number of halogens is 2. The van der Waals surface area contributed by atoms with E-state index in [1.54, 1.807) is 4.90 Å². The van der Waals surface area contributed by atoms with E-state index in [1.165, 1.54) is 18.2 Å². The summed E-state index contributed by atoms with van der Waals surface area (Å²) in [6.07, 6.45) is 2.63. The summed E-state index contributed by atoms with van der Waals surface area (Å²) in [7, 11) is 0. The Bertz CT molecular complexity index is 840. The van der Waals surface area contributed by atoms with E-state index in [4.69, 9.17) is 9.47 Å². The lowest BCUT2D eigenvalue weighted by molar-refractivity contribution is -0.122. The van der Waals surface area contributed by atoms with Gasteiger partial charge in [-0.2, -0.15) is 0 Å². The van der Waals surface area contributed by atoms with E-state index < -0.39 is 11.6 Å². The molecule has 2 aromatic rings. The molecule has 2 aromatic carbocycles. The highest BCUT2D eigenvalue weighted by molar-refractivity contribution is 5.78. The molecule has 0 radical (unpaired) electrons. The molecule has 0 atom stereocenters. The fourth-order valence-corrected chi connectivity index (χ4v) is 3.50. The van der Waals surface area contributed by atoms with Crippen molar-refractivity contribution in [3.8, 4) is 11.5 Å². The van der Waals surface area contributed by atoms with Crippen LogP contribution in [0.2, 0.25) is 0 Å². The van der Waals surface area contributed by atoms with Gasteiger partial charge in [0.1, 0.15) is 11.6 Å². The Morgan fingerprint density at radius 3 is 2.60 bits per heavy atom. The maximum atomic E-state index is 14.3. The third-order valence-electron chi connectivity index (χ3n) is 4.95. The molecule has 0 fully saturated rings. The summed E-state index contributed by atoms with van der Waals surface area (Å²) in [6.45, 7) is 3.77. The summed E-state index contributed by atoms with van der Waals surface area (Å²) in [6, 6.07) is 9.37. The number of ether oxygens (including phenoxy) is 2. The number of nitrogens with zero attached hydrogens (tertiary/aromatic N) is 1. The van der Waals surface area contributed by atoms with Gasteiger partial charge in [-0.05, 0) is 44.4 Å². The Balaban J connectivity index is 1.93. The van der Waals surface area contributed by atoms with Crippen LogP contribution in [0.5, 0.6) is 11.5 Å².